The fraction of sp³-hybridized carbons (Fsp3) is 0.286. The number of nitrogens with zero attached hydrogens (tertiary/aromatic N) is 3. The van der Waals surface area contributed by atoms with Crippen molar-refractivity contribution >= 4 is 46.0 Å². The van der Waals surface area contributed by atoms with Gasteiger partial charge in [-0.1, -0.05) is 48.5 Å². The molecule has 0 radical (unpaired) electrons. The summed E-state index contributed by atoms with van der Waals surface area (Å²) in [6, 6.07) is 14.9. The number of ether oxygens (including phenoxy) is 1. The zero-order chi connectivity index (χ0) is 20.6. The van der Waals surface area contributed by atoms with Crippen LogP contribution in [0, 0.1) is 0 Å². The quantitative estimate of drug-likeness (QED) is 0.723. The number of nitrogens with one attached hydrogen (secondary N) is 1. The van der Waals surface area contributed by atoms with Gasteiger partial charge < -0.3 is 10.1 Å². The Morgan fingerprint density at radius 2 is 1.97 bits per heavy atom. The molecule has 8 heteroatoms. The van der Waals surface area contributed by atoms with Crippen LogP contribution >= 0.6 is 23.4 Å². The van der Waals surface area contributed by atoms with Crippen LogP contribution in [-0.2, 0) is 11.2 Å². The zero-order valence-electron chi connectivity index (χ0n) is 16.4. The van der Waals surface area contributed by atoms with E-state index >= 15 is 0 Å². The van der Waals surface area contributed by atoms with Gasteiger partial charge in [-0.05, 0) is 49.2 Å². The molecule has 0 atom stereocenters. The maximum Gasteiger partial charge on any atom is 0.234 e. The van der Waals surface area contributed by atoms with Gasteiger partial charge in [0.05, 0.1) is 5.75 Å². The number of likely N-dealkylation sites (N-methyl/N-ethyl adjacent to an activating group) is 1. The van der Waals surface area contributed by atoms with E-state index in [1.807, 2.05) is 36.2 Å². The van der Waals surface area contributed by atoms with Crippen molar-refractivity contribution in [1.29, 1.82) is 0 Å². The van der Waals surface area contributed by atoms with Crippen molar-refractivity contribution in [1.82, 2.24) is 5.01 Å². The molecule has 152 valence electrons. The second-order valence-electron chi connectivity index (χ2n) is 6.27. The van der Waals surface area contributed by atoms with Crippen LogP contribution in [-0.4, -0.2) is 40.8 Å². The third-order valence-electron chi connectivity index (χ3n) is 4.18. The molecule has 2 aromatic rings. The van der Waals surface area contributed by atoms with Crippen LogP contribution in [0.15, 0.2) is 58.6 Å². The normalized spacial score (nSPS) is 13.6. The number of amides is 1. The Balaban J connectivity index is 1.62. The first kappa shape index (κ1) is 21.2. The fourth-order valence-corrected chi connectivity index (χ4v) is 3.48. The molecule has 0 spiro atoms. The van der Waals surface area contributed by atoms with Crippen LogP contribution in [0.3, 0.4) is 0 Å². The van der Waals surface area contributed by atoms with E-state index in [2.05, 4.69) is 22.3 Å². The van der Waals surface area contributed by atoms with Crippen molar-refractivity contribution in [2.24, 2.45) is 10.1 Å². The number of carbonyl (C=O) groups excluding carboxylic acids is 1. The average Bonchev–Trinajstić information content (AvgIpc) is 2.74. The van der Waals surface area contributed by atoms with Crippen molar-refractivity contribution in [2.75, 3.05) is 24.2 Å². The van der Waals surface area contributed by atoms with Crippen LogP contribution in [0.2, 0.25) is 5.02 Å². The highest BCUT2D eigenvalue weighted by molar-refractivity contribution is 8.14. The Hall–Kier alpha value is -2.51. The highest BCUT2D eigenvalue weighted by Crippen LogP contribution is 2.19. The molecule has 0 saturated heterocycles. The molecule has 0 unspecified atom stereocenters. The third-order valence-corrected chi connectivity index (χ3v) is 5.27. The van der Waals surface area contributed by atoms with Gasteiger partial charge in [-0.15, -0.1) is 5.10 Å². The highest BCUT2D eigenvalue weighted by atomic mass is 35.5. The molecular weight excluding hydrogens is 408 g/mol. The number of hydrazone groups is 1. The lowest BCUT2D eigenvalue weighted by atomic mass is 10.1. The number of para-hydroxylation sites is 1. The molecule has 3 rings (SSSR count). The molecule has 1 heterocycles. The minimum atomic E-state index is -0.0948. The van der Waals surface area contributed by atoms with E-state index in [4.69, 9.17) is 16.3 Å². The number of benzene rings is 2. The van der Waals surface area contributed by atoms with Gasteiger partial charge in [0, 0.05) is 17.3 Å². The lowest BCUT2D eigenvalue weighted by Gasteiger charge is -2.23. The van der Waals surface area contributed by atoms with Gasteiger partial charge in [0.1, 0.15) is 12.3 Å². The molecule has 0 aromatic heterocycles. The van der Waals surface area contributed by atoms with Crippen molar-refractivity contribution < 1.29 is 9.53 Å². The molecule has 29 heavy (non-hydrogen) atoms. The molecule has 6 nitrogen and oxygen atoms in total. The molecule has 0 bridgehead atoms. The van der Waals surface area contributed by atoms with Crippen molar-refractivity contribution in [3.8, 4) is 5.75 Å². The molecule has 2 aromatic carbocycles. The van der Waals surface area contributed by atoms with Gasteiger partial charge in [-0.2, -0.15) is 4.99 Å². The van der Waals surface area contributed by atoms with Crippen LogP contribution < -0.4 is 10.1 Å². The number of anilines is 1. The first-order valence-electron chi connectivity index (χ1n) is 9.42. The molecule has 0 aliphatic carbocycles. The summed E-state index contributed by atoms with van der Waals surface area (Å²) < 4.78 is 5.86. The van der Waals surface area contributed by atoms with E-state index in [9.17, 15) is 4.79 Å². The summed E-state index contributed by atoms with van der Waals surface area (Å²) in [5.74, 6) is 1.31. The molecule has 1 N–H and O–H groups in total. The van der Waals surface area contributed by atoms with E-state index in [-0.39, 0.29) is 11.7 Å². The SMILES string of the molecule is CCc1ccccc1NC(=O)CSC1=NN(CC)CC(Oc2ccc(Cl)cc2)=N1. The lowest BCUT2D eigenvalue weighted by molar-refractivity contribution is -0.113. The summed E-state index contributed by atoms with van der Waals surface area (Å²) in [6.07, 6.45) is 0.859. The number of hydrogen-bond donors (Lipinski definition) is 1. The van der Waals surface area contributed by atoms with E-state index < -0.39 is 0 Å². The minimum absolute atomic E-state index is 0.0948. The number of rotatable bonds is 6. The summed E-state index contributed by atoms with van der Waals surface area (Å²) >= 11 is 7.20. The summed E-state index contributed by atoms with van der Waals surface area (Å²) in [5.41, 5.74) is 1.95. The molecule has 0 fully saturated rings. The van der Waals surface area contributed by atoms with E-state index in [1.165, 1.54) is 11.8 Å². The van der Waals surface area contributed by atoms with Crippen LogP contribution in [0.5, 0.6) is 5.75 Å². The monoisotopic (exact) mass is 430 g/mol. The second kappa shape index (κ2) is 10.3. The average molecular weight is 431 g/mol. The molecule has 0 saturated carbocycles. The molecule has 1 amide bonds. The number of aryl methyl sites for hydroxylation is 1. The zero-order valence-corrected chi connectivity index (χ0v) is 18.0. The minimum Gasteiger partial charge on any atom is -0.441 e. The van der Waals surface area contributed by atoms with Crippen molar-refractivity contribution in [3.63, 3.8) is 0 Å². The van der Waals surface area contributed by atoms with E-state index in [0.29, 0.717) is 34.9 Å². The Morgan fingerprint density at radius 1 is 1.21 bits per heavy atom. The Labute approximate surface area is 180 Å². The van der Waals surface area contributed by atoms with Crippen LogP contribution in [0.1, 0.15) is 19.4 Å². The molecule has 1 aliphatic rings. The van der Waals surface area contributed by atoms with Gasteiger partial charge >= 0.3 is 0 Å². The first-order chi connectivity index (χ1) is 14.1. The number of aliphatic imine (C=N–C) groups is 1. The van der Waals surface area contributed by atoms with E-state index in [0.717, 1.165) is 17.7 Å². The Morgan fingerprint density at radius 3 is 2.69 bits per heavy atom. The molecular formula is C21H23ClN4O2S. The smallest absolute Gasteiger partial charge is 0.234 e. The topological polar surface area (TPSA) is 66.3 Å². The molecule has 1 aliphatic heterocycles. The highest BCUT2D eigenvalue weighted by Gasteiger charge is 2.18. The van der Waals surface area contributed by atoms with Crippen molar-refractivity contribution in [2.45, 2.75) is 20.3 Å². The predicted octanol–water partition coefficient (Wildman–Crippen LogP) is 4.66. The van der Waals surface area contributed by atoms with Gasteiger partial charge in [-0.3, -0.25) is 9.80 Å². The largest absolute Gasteiger partial charge is 0.441 e. The number of amidine groups is 1. The van der Waals surface area contributed by atoms with E-state index in [1.54, 1.807) is 24.3 Å². The number of hydrogen-bond acceptors (Lipinski definition) is 6. The summed E-state index contributed by atoms with van der Waals surface area (Å²) in [7, 11) is 0. The number of carbonyl (C=O) groups is 1. The van der Waals surface area contributed by atoms with Crippen molar-refractivity contribution in [3.05, 3.63) is 59.1 Å². The Bertz CT molecular complexity index is 915. The number of thioether (sulfide) groups is 1. The van der Waals surface area contributed by atoms with Gasteiger partial charge in [0.2, 0.25) is 17.0 Å². The predicted molar refractivity (Wildman–Crippen MR) is 121 cm³/mol. The van der Waals surface area contributed by atoms with Gasteiger partial charge in [-0.25, -0.2) is 0 Å². The maximum absolute atomic E-state index is 12.4. The number of halogens is 1. The summed E-state index contributed by atoms with van der Waals surface area (Å²) in [4.78, 5) is 16.8. The summed E-state index contributed by atoms with van der Waals surface area (Å²) in [6.45, 7) is 5.25. The third kappa shape index (κ3) is 6.24. The van der Waals surface area contributed by atoms with Crippen LogP contribution in [0.4, 0.5) is 5.69 Å². The second-order valence-corrected chi connectivity index (χ2v) is 7.65. The van der Waals surface area contributed by atoms with Gasteiger partial charge in [0.25, 0.3) is 0 Å². The van der Waals surface area contributed by atoms with Crippen LogP contribution in [0.25, 0.3) is 0 Å². The van der Waals surface area contributed by atoms with Gasteiger partial charge in [0.15, 0.2) is 0 Å². The Kier molecular flexibility index (Phi) is 7.55. The summed E-state index contributed by atoms with van der Waals surface area (Å²) in [5, 5.41) is 10.4. The maximum atomic E-state index is 12.4. The standard InChI is InChI=1S/C21H23ClN4O2S/c1-3-15-7-5-6-8-18(15)23-19(27)14-29-21-24-20(13-26(4-2)25-21)28-17-11-9-16(22)10-12-17/h5-12H,3-4,13-14H2,1-2H3,(H,23,27). The fourth-order valence-electron chi connectivity index (χ4n) is 2.68. The first-order valence-corrected chi connectivity index (χ1v) is 10.8. The lowest BCUT2D eigenvalue weighted by Crippen LogP contribution is -2.33.